The molecule has 3 rings (SSSR count). The molecular formula is C18H27N. The lowest BCUT2D eigenvalue weighted by Crippen LogP contribution is -2.35. The molecule has 0 radical (unpaired) electrons. The first-order chi connectivity index (χ1) is 9.21. The standard InChI is InChI=1S/C18H27N/c1-3-7-19-13-18(11-16-9-17(16)12-18)10-15-6-4-5-14(2)8-15/h4-6,8,16-17,19H,3,7,9-13H2,1-2H3. The first kappa shape index (κ1) is 13.2. The highest BCUT2D eigenvalue weighted by atomic mass is 14.9. The minimum Gasteiger partial charge on any atom is -0.316 e. The molecule has 2 unspecified atom stereocenters. The zero-order valence-electron chi connectivity index (χ0n) is 12.4. The summed E-state index contributed by atoms with van der Waals surface area (Å²) in [5, 5.41) is 3.69. The molecule has 2 aliphatic rings. The molecule has 104 valence electrons. The van der Waals surface area contributed by atoms with Gasteiger partial charge >= 0.3 is 0 Å². The average Bonchev–Trinajstić information content (AvgIpc) is 2.98. The predicted octanol–water partition coefficient (Wildman–Crippen LogP) is 3.95. The molecule has 0 heterocycles. The van der Waals surface area contributed by atoms with Gasteiger partial charge in [-0.3, -0.25) is 0 Å². The van der Waals surface area contributed by atoms with Crippen molar-refractivity contribution < 1.29 is 0 Å². The largest absolute Gasteiger partial charge is 0.316 e. The van der Waals surface area contributed by atoms with E-state index in [2.05, 4.69) is 43.4 Å². The Morgan fingerprint density at radius 1 is 1.26 bits per heavy atom. The number of rotatable bonds is 6. The van der Waals surface area contributed by atoms with Crippen LogP contribution >= 0.6 is 0 Å². The van der Waals surface area contributed by atoms with Crippen LogP contribution < -0.4 is 5.32 Å². The minimum atomic E-state index is 0.552. The van der Waals surface area contributed by atoms with Crippen LogP contribution in [-0.4, -0.2) is 13.1 Å². The predicted molar refractivity (Wildman–Crippen MR) is 81.3 cm³/mol. The molecule has 2 saturated carbocycles. The van der Waals surface area contributed by atoms with E-state index in [0.717, 1.165) is 11.8 Å². The Labute approximate surface area is 117 Å². The van der Waals surface area contributed by atoms with E-state index in [1.54, 1.807) is 5.56 Å². The zero-order valence-corrected chi connectivity index (χ0v) is 12.4. The highest BCUT2D eigenvalue weighted by molar-refractivity contribution is 5.24. The molecule has 0 spiro atoms. The van der Waals surface area contributed by atoms with Crippen molar-refractivity contribution in [3.8, 4) is 0 Å². The van der Waals surface area contributed by atoms with Gasteiger partial charge in [0.15, 0.2) is 0 Å². The van der Waals surface area contributed by atoms with E-state index in [0.29, 0.717) is 5.41 Å². The van der Waals surface area contributed by atoms with Crippen LogP contribution in [0.3, 0.4) is 0 Å². The lowest BCUT2D eigenvalue weighted by atomic mass is 9.77. The second-order valence-electron chi connectivity index (χ2n) is 7.01. The third kappa shape index (κ3) is 3.02. The summed E-state index contributed by atoms with van der Waals surface area (Å²) in [4.78, 5) is 0. The fourth-order valence-corrected chi connectivity index (χ4v) is 4.14. The molecule has 0 saturated heterocycles. The van der Waals surface area contributed by atoms with Crippen LogP contribution in [0, 0.1) is 24.2 Å². The molecule has 0 bridgehead atoms. The number of benzene rings is 1. The zero-order chi connectivity index (χ0) is 13.3. The Kier molecular flexibility index (Phi) is 3.66. The molecule has 19 heavy (non-hydrogen) atoms. The molecule has 1 aromatic carbocycles. The van der Waals surface area contributed by atoms with E-state index < -0.39 is 0 Å². The number of nitrogens with one attached hydrogen (secondary N) is 1. The number of aryl methyl sites for hydroxylation is 1. The Bertz CT molecular complexity index is 427. The molecule has 0 amide bonds. The van der Waals surface area contributed by atoms with E-state index in [1.165, 1.54) is 50.8 Å². The fourth-order valence-electron chi connectivity index (χ4n) is 4.14. The average molecular weight is 257 g/mol. The second-order valence-corrected chi connectivity index (χ2v) is 7.01. The van der Waals surface area contributed by atoms with Gasteiger partial charge in [0.05, 0.1) is 0 Å². The Morgan fingerprint density at radius 3 is 2.74 bits per heavy atom. The smallest absolute Gasteiger partial charge is 0.00112 e. The molecule has 0 aliphatic heterocycles. The molecule has 1 aromatic rings. The highest BCUT2D eigenvalue weighted by Gasteiger charge is 2.53. The van der Waals surface area contributed by atoms with Crippen LogP contribution in [-0.2, 0) is 6.42 Å². The Hall–Kier alpha value is -0.820. The first-order valence-corrected chi connectivity index (χ1v) is 7.97. The maximum absolute atomic E-state index is 3.69. The maximum atomic E-state index is 3.69. The van der Waals surface area contributed by atoms with E-state index in [4.69, 9.17) is 0 Å². The third-order valence-electron chi connectivity index (χ3n) is 5.05. The highest BCUT2D eigenvalue weighted by Crippen LogP contribution is 2.60. The molecule has 2 fully saturated rings. The SMILES string of the molecule is CCCNCC1(Cc2cccc(C)c2)CC2CC2C1. The van der Waals surface area contributed by atoms with Gasteiger partial charge in [-0.25, -0.2) is 0 Å². The van der Waals surface area contributed by atoms with Crippen molar-refractivity contribution in [2.24, 2.45) is 17.3 Å². The normalized spacial score (nSPS) is 32.3. The quantitative estimate of drug-likeness (QED) is 0.761. The summed E-state index contributed by atoms with van der Waals surface area (Å²) in [7, 11) is 0. The molecule has 1 nitrogen and oxygen atoms in total. The topological polar surface area (TPSA) is 12.0 Å². The van der Waals surface area contributed by atoms with E-state index in [9.17, 15) is 0 Å². The van der Waals surface area contributed by atoms with Crippen LogP contribution in [0.15, 0.2) is 24.3 Å². The molecule has 2 aliphatic carbocycles. The summed E-state index contributed by atoms with van der Waals surface area (Å²) < 4.78 is 0. The summed E-state index contributed by atoms with van der Waals surface area (Å²) in [6.07, 6.45) is 6.96. The van der Waals surface area contributed by atoms with Gasteiger partial charge in [0.2, 0.25) is 0 Å². The van der Waals surface area contributed by atoms with Gasteiger partial charge in [0.1, 0.15) is 0 Å². The minimum absolute atomic E-state index is 0.552. The van der Waals surface area contributed by atoms with Gasteiger partial charge in [-0.2, -0.15) is 0 Å². The van der Waals surface area contributed by atoms with Gasteiger partial charge in [0, 0.05) is 6.54 Å². The van der Waals surface area contributed by atoms with E-state index in [1.807, 2.05) is 0 Å². The van der Waals surface area contributed by atoms with Crippen molar-refractivity contribution in [1.29, 1.82) is 0 Å². The van der Waals surface area contributed by atoms with Crippen molar-refractivity contribution in [1.82, 2.24) is 5.32 Å². The van der Waals surface area contributed by atoms with Gasteiger partial charge in [-0.1, -0.05) is 36.8 Å². The molecular weight excluding hydrogens is 230 g/mol. The van der Waals surface area contributed by atoms with Crippen molar-refractivity contribution in [3.05, 3.63) is 35.4 Å². The summed E-state index contributed by atoms with van der Waals surface area (Å²) in [5.74, 6) is 2.13. The molecule has 1 heteroatoms. The summed E-state index contributed by atoms with van der Waals surface area (Å²) in [6.45, 7) is 6.86. The third-order valence-corrected chi connectivity index (χ3v) is 5.05. The van der Waals surface area contributed by atoms with E-state index >= 15 is 0 Å². The summed E-state index contributed by atoms with van der Waals surface area (Å²) in [6, 6.07) is 9.12. The molecule has 2 atom stereocenters. The van der Waals surface area contributed by atoms with Crippen LogP contribution in [0.5, 0.6) is 0 Å². The maximum Gasteiger partial charge on any atom is 0.00112 e. The monoisotopic (exact) mass is 257 g/mol. The molecule has 1 N–H and O–H groups in total. The van der Waals surface area contributed by atoms with Crippen LogP contribution in [0.4, 0.5) is 0 Å². The van der Waals surface area contributed by atoms with Crippen LogP contribution in [0.1, 0.15) is 43.7 Å². The lowest BCUT2D eigenvalue weighted by molar-refractivity contribution is 0.249. The van der Waals surface area contributed by atoms with Gasteiger partial charge < -0.3 is 5.32 Å². The second kappa shape index (κ2) is 5.28. The van der Waals surface area contributed by atoms with Gasteiger partial charge in [0.25, 0.3) is 0 Å². The Balaban J connectivity index is 1.69. The van der Waals surface area contributed by atoms with Gasteiger partial charge in [-0.15, -0.1) is 0 Å². The van der Waals surface area contributed by atoms with Crippen molar-refractivity contribution in [3.63, 3.8) is 0 Å². The summed E-state index contributed by atoms with van der Waals surface area (Å²) in [5.41, 5.74) is 3.49. The lowest BCUT2D eigenvalue weighted by Gasteiger charge is -2.32. The number of hydrogen-bond donors (Lipinski definition) is 1. The van der Waals surface area contributed by atoms with Crippen LogP contribution in [0.2, 0.25) is 0 Å². The molecule has 0 aromatic heterocycles. The van der Waals surface area contributed by atoms with Crippen LogP contribution in [0.25, 0.3) is 0 Å². The number of hydrogen-bond acceptors (Lipinski definition) is 1. The van der Waals surface area contributed by atoms with E-state index in [-0.39, 0.29) is 0 Å². The number of fused-ring (bicyclic) bond motifs is 1. The fraction of sp³-hybridized carbons (Fsp3) is 0.667. The first-order valence-electron chi connectivity index (χ1n) is 7.97. The van der Waals surface area contributed by atoms with Crippen molar-refractivity contribution in [2.45, 2.75) is 46.0 Å². The Morgan fingerprint density at radius 2 is 2.05 bits per heavy atom. The van der Waals surface area contributed by atoms with Gasteiger partial charge in [-0.05, 0) is 68.4 Å². The summed E-state index contributed by atoms with van der Waals surface area (Å²) >= 11 is 0. The van der Waals surface area contributed by atoms with Crippen molar-refractivity contribution in [2.75, 3.05) is 13.1 Å². The van der Waals surface area contributed by atoms with Crippen molar-refractivity contribution >= 4 is 0 Å².